The number of aliphatic hydroxyl groups excluding tert-OH is 1. The van der Waals surface area contributed by atoms with Gasteiger partial charge in [0.15, 0.2) is 0 Å². The molecule has 0 aromatic heterocycles. The van der Waals surface area contributed by atoms with Crippen LogP contribution in [-0.4, -0.2) is 23.2 Å². The highest BCUT2D eigenvalue weighted by molar-refractivity contribution is 5.84. The molecule has 1 aromatic carbocycles. The topological polar surface area (TPSA) is 49.3 Å². The van der Waals surface area contributed by atoms with E-state index in [0.29, 0.717) is 0 Å². The molecular weight excluding hydrogens is 226 g/mol. The predicted molar refractivity (Wildman–Crippen MR) is 73.4 cm³/mol. The number of carbonyl (C=O) groups excluding carboxylic acids is 1. The number of carbonyl (C=O) groups is 1. The van der Waals surface area contributed by atoms with Crippen LogP contribution in [-0.2, 0) is 4.79 Å². The van der Waals surface area contributed by atoms with Crippen molar-refractivity contribution in [3.8, 4) is 0 Å². The smallest absolute Gasteiger partial charge is 0.228 e. The Kier molecular flexibility index (Phi) is 5.35. The van der Waals surface area contributed by atoms with Gasteiger partial charge >= 0.3 is 0 Å². The monoisotopic (exact) mass is 249 g/mol. The minimum atomic E-state index is -0.572. The van der Waals surface area contributed by atoms with Crippen LogP contribution in [0.1, 0.15) is 45.1 Å². The summed E-state index contributed by atoms with van der Waals surface area (Å²) in [5, 5.41) is 12.1. The van der Waals surface area contributed by atoms with Gasteiger partial charge in [0.2, 0.25) is 5.91 Å². The van der Waals surface area contributed by atoms with Crippen LogP contribution in [0.4, 0.5) is 0 Å². The first kappa shape index (κ1) is 14.7. The van der Waals surface area contributed by atoms with Gasteiger partial charge in [-0.1, -0.05) is 43.7 Å². The number of hydrogen-bond donors (Lipinski definition) is 2. The molecule has 3 nitrogen and oxygen atoms in total. The molecule has 0 spiro atoms. The molecule has 1 atom stereocenters. The van der Waals surface area contributed by atoms with Gasteiger partial charge in [-0.2, -0.15) is 0 Å². The van der Waals surface area contributed by atoms with Gasteiger partial charge in [-0.25, -0.2) is 0 Å². The molecular formula is C15H23NO2. The van der Waals surface area contributed by atoms with E-state index >= 15 is 0 Å². The Morgan fingerprint density at radius 3 is 2.44 bits per heavy atom. The van der Waals surface area contributed by atoms with Gasteiger partial charge in [0.25, 0.3) is 0 Å². The Morgan fingerprint density at radius 1 is 1.33 bits per heavy atom. The molecule has 0 bridgehead atoms. The van der Waals surface area contributed by atoms with Gasteiger partial charge in [-0.3, -0.25) is 4.79 Å². The van der Waals surface area contributed by atoms with Crippen molar-refractivity contribution < 1.29 is 9.90 Å². The first-order valence-electron chi connectivity index (χ1n) is 6.48. The number of aliphatic hydroxyl groups is 1. The maximum Gasteiger partial charge on any atom is 0.228 e. The van der Waals surface area contributed by atoms with Gasteiger partial charge < -0.3 is 10.4 Å². The summed E-state index contributed by atoms with van der Waals surface area (Å²) in [6, 6.07) is 9.80. The minimum Gasteiger partial charge on any atom is -0.394 e. The zero-order valence-electron chi connectivity index (χ0n) is 11.4. The fourth-order valence-electron chi connectivity index (χ4n) is 1.88. The second-order valence-corrected chi connectivity index (χ2v) is 5.28. The summed E-state index contributed by atoms with van der Waals surface area (Å²) in [5.41, 5.74) is 0.461. The summed E-state index contributed by atoms with van der Waals surface area (Å²) in [6.45, 7) is 5.64. The van der Waals surface area contributed by atoms with Crippen LogP contribution in [0.5, 0.6) is 0 Å². The summed E-state index contributed by atoms with van der Waals surface area (Å²) in [7, 11) is 0. The first-order chi connectivity index (χ1) is 8.50. The van der Waals surface area contributed by atoms with Crippen LogP contribution >= 0.6 is 0 Å². The van der Waals surface area contributed by atoms with E-state index in [2.05, 4.69) is 12.2 Å². The molecule has 1 rings (SSSR count). The third-order valence-electron chi connectivity index (χ3n) is 2.95. The van der Waals surface area contributed by atoms with Gasteiger partial charge in [0, 0.05) is 0 Å². The second-order valence-electron chi connectivity index (χ2n) is 5.28. The van der Waals surface area contributed by atoms with Gasteiger partial charge in [-0.05, 0) is 25.8 Å². The Bertz CT molecular complexity index is 373. The van der Waals surface area contributed by atoms with Crippen LogP contribution in [0.3, 0.4) is 0 Å². The fraction of sp³-hybridized carbons (Fsp3) is 0.533. The molecule has 0 fully saturated rings. The SMILES string of the molecule is CCCC(C(=O)NC(C)(C)CO)c1ccccc1. The third kappa shape index (κ3) is 4.15. The molecule has 3 heteroatoms. The lowest BCUT2D eigenvalue weighted by Crippen LogP contribution is -2.48. The van der Waals surface area contributed by atoms with Gasteiger partial charge in [0.1, 0.15) is 0 Å². The highest BCUT2D eigenvalue weighted by Gasteiger charge is 2.25. The third-order valence-corrected chi connectivity index (χ3v) is 2.95. The zero-order valence-corrected chi connectivity index (χ0v) is 11.4. The predicted octanol–water partition coefficient (Wildman–Crippen LogP) is 2.46. The second kappa shape index (κ2) is 6.55. The molecule has 1 aromatic rings. The molecule has 1 unspecified atom stereocenters. The molecule has 0 aliphatic heterocycles. The number of benzene rings is 1. The summed E-state index contributed by atoms with van der Waals surface area (Å²) in [5.74, 6) is -0.149. The van der Waals surface area contributed by atoms with Crippen molar-refractivity contribution >= 4 is 5.91 Å². The van der Waals surface area contributed by atoms with E-state index in [0.717, 1.165) is 18.4 Å². The maximum absolute atomic E-state index is 12.3. The fourth-order valence-corrected chi connectivity index (χ4v) is 1.88. The molecule has 0 radical (unpaired) electrons. The average Bonchev–Trinajstić information content (AvgIpc) is 2.36. The molecule has 0 heterocycles. The Balaban J connectivity index is 2.83. The minimum absolute atomic E-state index is 0.0119. The van der Waals surface area contributed by atoms with Gasteiger partial charge in [0.05, 0.1) is 18.1 Å². The summed E-state index contributed by atoms with van der Waals surface area (Å²) < 4.78 is 0. The standard InChI is InChI=1S/C15H23NO2/c1-4-8-13(12-9-6-5-7-10-12)14(18)16-15(2,3)11-17/h5-7,9-10,13,17H,4,8,11H2,1-3H3,(H,16,18). The van der Waals surface area contributed by atoms with Crippen LogP contribution in [0.25, 0.3) is 0 Å². The van der Waals surface area contributed by atoms with E-state index in [1.165, 1.54) is 0 Å². The van der Waals surface area contributed by atoms with Crippen molar-refractivity contribution in [3.63, 3.8) is 0 Å². The lowest BCUT2D eigenvalue weighted by molar-refractivity contribution is -0.124. The molecule has 0 saturated heterocycles. The zero-order chi connectivity index (χ0) is 13.6. The number of rotatable bonds is 6. The van der Waals surface area contributed by atoms with Gasteiger partial charge in [-0.15, -0.1) is 0 Å². The Morgan fingerprint density at radius 2 is 1.94 bits per heavy atom. The average molecular weight is 249 g/mol. The summed E-state index contributed by atoms with van der Waals surface area (Å²) in [6.07, 6.45) is 1.77. The first-order valence-corrected chi connectivity index (χ1v) is 6.48. The maximum atomic E-state index is 12.3. The molecule has 2 N–H and O–H groups in total. The largest absolute Gasteiger partial charge is 0.394 e. The molecule has 0 saturated carbocycles. The quantitative estimate of drug-likeness (QED) is 0.813. The molecule has 0 aliphatic carbocycles. The Labute approximate surface area is 109 Å². The normalized spacial score (nSPS) is 13.1. The van der Waals surface area contributed by atoms with E-state index in [1.807, 2.05) is 44.2 Å². The van der Waals surface area contributed by atoms with Crippen LogP contribution in [0.15, 0.2) is 30.3 Å². The number of amides is 1. The Hall–Kier alpha value is -1.35. The van der Waals surface area contributed by atoms with Crippen molar-refractivity contribution in [2.45, 2.75) is 45.1 Å². The highest BCUT2D eigenvalue weighted by atomic mass is 16.3. The van der Waals surface area contributed by atoms with E-state index in [1.54, 1.807) is 0 Å². The highest BCUT2D eigenvalue weighted by Crippen LogP contribution is 2.22. The lowest BCUT2D eigenvalue weighted by atomic mass is 9.92. The van der Waals surface area contributed by atoms with Crippen molar-refractivity contribution in [2.75, 3.05) is 6.61 Å². The van der Waals surface area contributed by atoms with Crippen molar-refractivity contribution in [2.24, 2.45) is 0 Å². The summed E-state index contributed by atoms with van der Waals surface area (Å²) >= 11 is 0. The van der Waals surface area contributed by atoms with Crippen LogP contribution < -0.4 is 5.32 Å². The van der Waals surface area contributed by atoms with Crippen LogP contribution in [0.2, 0.25) is 0 Å². The van der Waals surface area contributed by atoms with E-state index in [4.69, 9.17) is 0 Å². The van der Waals surface area contributed by atoms with E-state index < -0.39 is 5.54 Å². The van der Waals surface area contributed by atoms with Crippen LogP contribution in [0, 0.1) is 0 Å². The van der Waals surface area contributed by atoms with E-state index in [9.17, 15) is 9.90 Å². The molecule has 0 aliphatic rings. The molecule has 100 valence electrons. The molecule has 18 heavy (non-hydrogen) atoms. The molecule has 1 amide bonds. The lowest BCUT2D eigenvalue weighted by Gasteiger charge is -2.27. The summed E-state index contributed by atoms with van der Waals surface area (Å²) in [4.78, 5) is 12.3. The number of hydrogen-bond acceptors (Lipinski definition) is 2. The van der Waals surface area contributed by atoms with Crippen molar-refractivity contribution in [3.05, 3.63) is 35.9 Å². The number of nitrogens with one attached hydrogen (secondary N) is 1. The van der Waals surface area contributed by atoms with Crippen molar-refractivity contribution in [1.82, 2.24) is 5.32 Å². The van der Waals surface area contributed by atoms with E-state index in [-0.39, 0.29) is 18.4 Å². The van der Waals surface area contributed by atoms with Crippen molar-refractivity contribution in [1.29, 1.82) is 0 Å².